The lowest BCUT2D eigenvalue weighted by Gasteiger charge is -2.35. The summed E-state index contributed by atoms with van der Waals surface area (Å²) in [6.07, 6.45) is 1.61. The molecule has 0 radical (unpaired) electrons. The van der Waals surface area contributed by atoms with Crippen LogP contribution in [0.5, 0.6) is 0 Å². The normalized spacial score (nSPS) is 15.8. The third-order valence-electron chi connectivity index (χ3n) is 4.01. The Balaban J connectivity index is 1.80. The highest BCUT2D eigenvalue weighted by molar-refractivity contribution is 5.66. The van der Waals surface area contributed by atoms with Crippen molar-refractivity contribution in [2.75, 3.05) is 50.0 Å². The average Bonchev–Trinajstić information content (AvgIpc) is 2.57. The Morgan fingerprint density at radius 1 is 1.13 bits per heavy atom. The van der Waals surface area contributed by atoms with Crippen molar-refractivity contribution in [1.29, 1.82) is 0 Å². The number of hydrogen-bond acceptors (Lipinski definition) is 6. The SMILES string of the molecule is Nc1ncc(-c2ccc(F)cc2)nc1N1CCN(CCO)CC1. The Kier molecular flexibility index (Phi) is 4.68. The highest BCUT2D eigenvalue weighted by Gasteiger charge is 2.20. The van der Waals surface area contributed by atoms with E-state index in [1.807, 2.05) is 0 Å². The maximum Gasteiger partial charge on any atom is 0.172 e. The summed E-state index contributed by atoms with van der Waals surface area (Å²) >= 11 is 0. The van der Waals surface area contributed by atoms with Gasteiger partial charge in [-0.05, 0) is 24.3 Å². The van der Waals surface area contributed by atoms with Crippen LogP contribution in [0.25, 0.3) is 11.3 Å². The van der Waals surface area contributed by atoms with Crippen molar-refractivity contribution >= 4 is 11.6 Å². The van der Waals surface area contributed by atoms with Gasteiger partial charge in [0.05, 0.1) is 18.5 Å². The Hall–Kier alpha value is -2.25. The monoisotopic (exact) mass is 317 g/mol. The summed E-state index contributed by atoms with van der Waals surface area (Å²) in [7, 11) is 0. The van der Waals surface area contributed by atoms with Crippen molar-refractivity contribution in [1.82, 2.24) is 14.9 Å². The molecule has 0 aliphatic carbocycles. The second-order valence-corrected chi connectivity index (χ2v) is 5.52. The number of anilines is 2. The summed E-state index contributed by atoms with van der Waals surface area (Å²) < 4.78 is 13.0. The summed E-state index contributed by atoms with van der Waals surface area (Å²) in [6, 6.07) is 6.17. The summed E-state index contributed by atoms with van der Waals surface area (Å²) in [5.41, 5.74) is 7.46. The van der Waals surface area contributed by atoms with Crippen LogP contribution in [-0.4, -0.2) is 59.3 Å². The first-order chi connectivity index (χ1) is 11.2. The van der Waals surface area contributed by atoms with Gasteiger partial charge in [-0.15, -0.1) is 0 Å². The molecule has 2 heterocycles. The molecule has 0 bridgehead atoms. The van der Waals surface area contributed by atoms with Crippen LogP contribution in [0.4, 0.5) is 16.0 Å². The van der Waals surface area contributed by atoms with E-state index >= 15 is 0 Å². The lowest BCUT2D eigenvalue weighted by molar-refractivity contribution is 0.188. The fourth-order valence-electron chi connectivity index (χ4n) is 2.71. The minimum absolute atomic E-state index is 0.169. The third kappa shape index (κ3) is 3.57. The lowest BCUT2D eigenvalue weighted by Crippen LogP contribution is -2.47. The number of benzene rings is 1. The first-order valence-electron chi connectivity index (χ1n) is 7.64. The van der Waals surface area contributed by atoms with Crippen LogP contribution in [0.1, 0.15) is 0 Å². The van der Waals surface area contributed by atoms with Gasteiger partial charge in [0.15, 0.2) is 11.6 Å². The number of piperazine rings is 1. The molecule has 1 aromatic carbocycles. The van der Waals surface area contributed by atoms with Crippen molar-refractivity contribution in [3.05, 3.63) is 36.3 Å². The Morgan fingerprint density at radius 2 is 1.83 bits per heavy atom. The zero-order valence-corrected chi connectivity index (χ0v) is 12.8. The van der Waals surface area contributed by atoms with Crippen molar-refractivity contribution in [2.24, 2.45) is 0 Å². The molecule has 0 amide bonds. The van der Waals surface area contributed by atoms with Crippen LogP contribution in [0.15, 0.2) is 30.5 Å². The third-order valence-corrected chi connectivity index (χ3v) is 4.01. The molecule has 1 aliphatic heterocycles. The van der Waals surface area contributed by atoms with Crippen LogP contribution in [0.3, 0.4) is 0 Å². The average molecular weight is 317 g/mol. The van der Waals surface area contributed by atoms with E-state index in [2.05, 4.69) is 19.8 Å². The van der Waals surface area contributed by atoms with E-state index in [0.717, 1.165) is 31.7 Å². The van der Waals surface area contributed by atoms with E-state index < -0.39 is 0 Å². The number of aliphatic hydroxyl groups is 1. The fourth-order valence-corrected chi connectivity index (χ4v) is 2.71. The van der Waals surface area contributed by atoms with Gasteiger partial charge in [-0.2, -0.15) is 0 Å². The van der Waals surface area contributed by atoms with Crippen LogP contribution >= 0.6 is 0 Å². The predicted octanol–water partition coefficient (Wildman–Crippen LogP) is 0.979. The van der Waals surface area contributed by atoms with Gasteiger partial charge >= 0.3 is 0 Å². The van der Waals surface area contributed by atoms with E-state index in [0.29, 0.717) is 23.9 Å². The maximum absolute atomic E-state index is 13.0. The van der Waals surface area contributed by atoms with Gasteiger partial charge in [0.1, 0.15) is 5.82 Å². The van der Waals surface area contributed by atoms with Gasteiger partial charge in [-0.3, -0.25) is 4.90 Å². The van der Waals surface area contributed by atoms with E-state index in [-0.39, 0.29) is 12.4 Å². The minimum atomic E-state index is -0.280. The zero-order valence-electron chi connectivity index (χ0n) is 12.8. The van der Waals surface area contributed by atoms with Crippen molar-refractivity contribution in [3.63, 3.8) is 0 Å². The number of hydrogen-bond donors (Lipinski definition) is 2. The Bertz CT molecular complexity index is 656. The topological polar surface area (TPSA) is 78.5 Å². The molecule has 0 saturated carbocycles. The van der Waals surface area contributed by atoms with Crippen LogP contribution in [-0.2, 0) is 0 Å². The number of aromatic nitrogens is 2. The standard InChI is InChI=1S/C16H20FN5O/c17-13-3-1-12(2-4-13)14-11-19-15(18)16(20-14)22-7-5-21(6-8-22)9-10-23/h1-4,11,23H,5-10H2,(H2,18,19). The quantitative estimate of drug-likeness (QED) is 0.875. The van der Waals surface area contributed by atoms with Gasteiger partial charge in [0.2, 0.25) is 0 Å². The Morgan fingerprint density at radius 3 is 2.48 bits per heavy atom. The summed E-state index contributed by atoms with van der Waals surface area (Å²) in [6.45, 7) is 4.12. The van der Waals surface area contributed by atoms with Crippen LogP contribution < -0.4 is 10.6 Å². The fraction of sp³-hybridized carbons (Fsp3) is 0.375. The lowest BCUT2D eigenvalue weighted by atomic mass is 10.1. The zero-order chi connectivity index (χ0) is 16.2. The number of nitrogen functional groups attached to an aromatic ring is 1. The summed E-state index contributed by atoms with van der Waals surface area (Å²) in [5.74, 6) is 0.777. The van der Waals surface area contributed by atoms with Gasteiger partial charge in [0.25, 0.3) is 0 Å². The number of aliphatic hydroxyl groups excluding tert-OH is 1. The molecule has 7 heteroatoms. The van der Waals surface area contributed by atoms with E-state index in [9.17, 15) is 4.39 Å². The number of β-amino-alcohol motifs (C(OH)–C–C–N with tert-alkyl or cyclic N) is 1. The largest absolute Gasteiger partial charge is 0.395 e. The molecule has 1 fully saturated rings. The predicted molar refractivity (Wildman–Crippen MR) is 87.6 cm³/mol. The smallest absolute Gasteiger partial charge is 0.172 e. The van der Waals surface area contributed by atoms with Crippen LogP contribution in [0.2, 0.25) is 0 Å². The Labute approximate surface area is 134 Å². The van der Waals surface area contributed by atoms with E-state index in [1.54, 1.807) is 18.3 Å². The number of halogens is 1. The molecular weight excluding hydrogens is 297 g/mol. The number of nitrogens with zero attached hydrogens (tertiary/aromatic N) is 4. The molecule has 0 spiro atoms. The van der Waals surface area contributed by atoms with Crippen LogP contribution in [0, 0.1) is 5.82 Å². The number of nitrogens with two attached hydrogens (primary N) is 1. The molecule has 1 aliphatic rings. The van der Waals surface area contributed by atoms with E-state index in [1.165, 1.54) is 12.1 Å². The van der Waals surface area contributed by atoms with Gasteiger partial charge in [-0.1, -0.05) is 0 Å². The summed E-state index contributed by atoms with van der Waals surface area (Å²) in [5, 5.41) is 9.00. The first-order valence-corrected chi connectivity index (χ1v) is 7.64. The number of rotatable bonds is 4. The molecule has 0 atom stereocenters. The van der Waals surface area contributed by atoms with Gasteiger partial charge in [-0.25, -0.2) is 14.4 Å². The second kappa shape index (κ2) is 6.89. The maximum atomic E-state index is 13.0. The molecule has 3 N–H and O–H groups in total. The molecule has 122 valence electrons. The highest BCUT2D eigenvalue weighted by Crippen LogP contribution is 2.25. The molecular formula is C16H20FN5O. The minimum Gasteiger partial charge on any atom is -0.395 e. The molecule has 0 unspecified atom stereocenters. The van der Waals surface area contributed by atoms with Crippen molar-refractivity contribution < 1.29 is 9.50 Å². The van der Waals surface area contributed by atoms with E-state index in [4.69, 9.17) is 10.8 Å². The van der Waals surface area contributed by atoms with Crippen molar-refractivity contribution in [3.8, 4) is 11.3 Å². The van der Waals surface area contributed by atoms with Gasteiger partial charge in [0, 0.05) is 38.3 Å². The molecule has 23 heavy (non-hydrogen) atoms. The molecule has 1 saturated heterocycles. The van der Waals surface area contributed by atoms with Crippen molar-refractivity contribution in [2.45, 2.75) is 0 Å². The molecule has 2 aromatic rings. The summed E-state index contributed by atoms with van der Waals surface area (Å²) in [4.78, 5) is 13.1. The first kappa shape index (κ1) is 15.6. The molecule has 1 aromatic heterocycles. The highest BCUT2D eigenvalue weighted by atomic mass is 19.1. The molecule has 6 nitrogen and oxygen atoms in total. The van der Waals surface area contributed by atoms with Gasteiger partial charge < -0.3 is 15.7 Å². The second-order valence-electron chi connectivity index (χ2n) is 5.52. The molecule has 3 rings (SSSR count).